The van der Waals surface area contributed by atoms with Crippen molar-refractivity contribution < 1.29 is 31.8 Å². The van der Waals surface area contributed by atoms with Crippen LogP contribution in [0.5, 0.6) is 5.75 Å². The first-order valence-corrected chi connectivity index (χ1v) is 14.8. The Labute approximate surface area is 226 Å². The van der Waals surface area contributed by atoms with E-state index in [4.69, 9.17) is 16.3 Å². The Bertz CT molecular complexity index is 1260. The number of ether oxygens (including phenoxy) is 1. The quantitative estimate of drug-likeness (QED) is 0.463. The van der Waals surface area contributed by atoms with E-state index in [0.717, 1.165) is 6.26 Å². The van der Waals surface area contributed by atoms with Crippen LogP contribution in [-0.2, 0) is 22.7 Å². The molecule has 1 aliphatic rings. The van der Waals surface area contributed by atoms with Crippen molar-refractivity contribution in [1.82, 2.24) is 19.9 Å². The molecule has 13 heteroatoms. The van der Waals surface area contributed by atoms with Crippen molar-refractivity contribution in [2.75, 3.05) is 12.8 Å². The average Bonchev–Trinajstić information content (AvgIpc) is 3.12. The fourth-order valence-corrected chi connectivity index (χ4v) is 6.10. The van der Waals surface area contributed by atoms with Crippen LogP contribution in [0, 0.1) is 11.3 Å². The summed E-state index contributed by atoms with van der Waals surface area (Å²) in [7, 11) is -3.26. The van der Waals surface area contributed by atoms with E-state index in [9.17, 15) is 27.1 Å². The number of alkyl halides is 2. The van der Waals surface area contributed by atoms with Crippen molar-refractivity contribution in [2.45, 2.75) is 77.8 Å². The summed E-state index contributed by atoms with van der Waals surface area (Å²) in [6, 6.07) is 1.49. The van der Waals surface area contributed by atoms with Crippen molar-refractivity contribution in [2.24, 2.45) is 11.3 Å². The summed E-state index contributed by atoms with van der Waals surface area (Å²) in [5.41, 5.74) is 0.467. The molecule has 38 heavy (non-hydrogen) atoms. The second-order valence-corrected chi connectivity index (χ2v) is 13.6. The average molecular weight is 577 g/mol. The highest BCUT2D eigenvalue weighted by molar-refractivity contribution is 7.91. The zero-order valence-corrected chi connectivity index (χ0v) is 23.7. The van der Waals surface area contributed by atoms with Crippen LogP contribution >= 0.6 is 11.6 Å². The van der Waals surface area contributed by atoms with Gasteiger partial charge in [-0.05, 0) is 42.7 Å². The van der Waals surface area contributed by atoms with Gasteiger partial charge in [-0.15, -0.1) is 0 Å². The van der Waals surface area contributed by atoms with Crippen LogP contribution in [0.3, 0.4) is 0 Å². The predicted molar refractivity (Wildman–Crippen MR) is 140 cm³/mol. The lowest BCUT2D eigenvalue weighted by molar-refractivity contribution is -0.0501. The highest BCUT2D eigenvalue weighted by Gasteiger charge is 2.34. The van der Waals surface area contributed by atoms with Crippen LogP contribution in [0.1, 0.15) is 68.8 Å². The Morgan fingerprint density at radius 2 is 2.03 bits per heavy atom. The number of pyridine rings is 1. The van der Waals surface area contributed by atoms with Crippen LogP contribution in [0.2, 0.25) is 5.15 Å². The number of imidazole rings is 1. The van der Waals surface area contributed by atoms with Gasteiger partial charge in [-0.25, -0.2) is 18.4 Å². The number of carbonyl (C=O) groups excluding carboxylic acids is 1. The monoisotopic (exact) mass is 576 g/mol. The lowest BCUT2D eigenvalue weighted by atomic mass is 9.86. The molecule has 0 unspecified atom stereocenters. The molecule has 1 fully saturated rings. The Morgan fingerprint density at radius 1 is 1.34 bits per heavy atom. The number of sulfone groups is 1. The summed E-state index contributed by atoms with van der Waals surface area (Å²) in [6.45, 7) is 4.81. The number of halogens is 3. The van der Waals surface area contributed by atoms with Gasteiger partial charge < -0.3 is 15.2 Å². The summed E-state index contributed by atoms with van der Waals surface area (Å²) < 4.78 is 56.3. The number of hydrogen-bond acceptors (Lipinski definition) is 7. The van der Waals surface area contributed by atoms with Gasteiger partial charge in [0.25, 0.3) is 5.91 Å². The van der Waals surface area contributed by atoms with E-state index in [1.165, 1.54) is 10.6 Å². The van der Waals surface area contributed by atoms with Crippen LogP contribution < -0.4 is 10.1 Å². The Morgan fingerprint density at radius 3 is 2.58 bits per heavy atom. The third kappa shape index (κ3) is 7.41. The summed E-state index contributed by atoms with van der Waals surface area (Å²) in [4.78, 5) is 21.7. The van der Waals surface area contributed by atoms with Crippen molar-refractivity contribution in [3.05, 3.63) is 34.5 Å². The molecule has 212 valence electrons. The van der Waals surface area contributed by atoms with E-state index in [0.29, 0.717) is 37.1 Å². The number of aliphatic hydroxyl groups excluding tert-OH is 1. The fraction of sp³-hybridized carbons (Fsp3) is 0.640. The van der Waals surface area contributed by atoms with Crippen molar-refractivity contribution in [1.29, 1.82) is 0 Å². The molecule has 2 aromatic rings. The third-order valence-electron chi connectivity index (χ3n) is 6.51. The van der Waals surface area contributed by atoms with Crippen LogP contribution in [0.15, 0.2) is 12.3 Å². The van der Waals surface area contributed by atoms with Crippen LogP contribution in [0.25, 0.3) is 5.82 Å². The van der Waals surface area contributed by atoms with Gasteiger partial charge in [0, 0.05) is 31.3 Å². The largest absolute Gasteiger partial charge is 0.431 e. The minimum Gasteiger partial charge on any atom is -0.431 e. The lowest BCUT2D eigenvalue weighted by Crippen LogP contribution is -2.41. The summed E-state index contributed by atoms with van der Waals surface area (Å²) in [5.74, 6) is -0.809. The summed E-state index contributed by atoms with van der Waals surface area (Å²) in [6.07, 6.45) is 3.66. The summed E-state index contributed by atoms with van der Waals surface area (Å²) in [5, 5.41) is 12.4. The molecule has 0 radical (unpaired) electrons. The first-order valence-electron chi connectivity index (χ1n) is 12.5. The van der Waals surface area contributed by atoms with Crippen molar-refractivity contribution >= 4 is 27.3 Å². The number of nitrogens with one attached hydrogen (secondary N) is 1. The SMILES string of the molecule is CCc1nc(C(=O)NC[C@H]2CC[C@H](S(C)(=O)=O)C[C@@H]2O)c(Cl)n1-c1ncc(CC(C)(C)C)cc1OC(F)F. The van der Waals surface area contributed by atoms with E-state index < -0.39 is 33.7 Å². The highest BCUT2D eigenvalue weighted by atomic mass is 35.5. The van der Waals surface area contributed by atoms with Gasteiger partial charge >= 0.3 is 6.61 Å². The predicted octanol–water partition coefficient (Wildman–Crippen LogP) is 3.98. The van der Waals surface area contributed by atoms with Crippen molar-refractivity contribution in [3.63, 3.8) is 0 Å². The van der Waals surface area contributed by atoms with Gasteiger partial charge in [-0.1, -0.05) is 39.3 Å². The maximum Gasteiger partial charge on any atom is 0.387 e. The Hall–Kier alpha value is -2.31. The molecule has 3 atom stereocenters. The van der Waals surface area contributed by atoms with Gasteiger partial charge in [0.1, 0.15) is 20.8 Å². The molecule has 1 saturated carbocycles. The summed E-state index contributed by atoms with van der Waals surface area (Å²) >= 11 is 6.55. The zero-order chi connectivity index (χ0) is 28.4. The number of aliphatic hydroxyl groups is 1. The normalized spacial score (nSPS) is 20.5. The number of nitrogens with zero attached hydrogens (tertiary/aromatic N) is 3. The fourth-order valence-electron chi connectivity index (χ4n) is 4.69. The smallest absolute Gasteiger partial charge is 0.387 e. The molecule has 0 saturated heterocycles. The van der Waals surface area contributed by atoms with E-state index in [1.54, 1.807) is 13.1 Å². The number of aryl methyl sites for hydroxylation is 1. The van der Waals surface area contributed by atoms with Gasteiger partial charge in [0.15, 0.2) is 17.3 Å². The molecule has 2 N–H and O–H groups in total. The zero-order valence-electron chi connectivity index (χ0n) is 22.2. The highest BCUT2D eigenvalue weighted by Crippen LogP contribution is 2.33. The van der Waals surface area contributed by atoms with E-state index in [-0.39, 0.29) is 46.7 Å². The minimum atomic E-state index is -3.26. The number of aromatic nitrogens is 3. The molecule has 3 rings (SSSR count). The van der Waals surface area contributed by atoms with E-state index >= 15 is 0 Å². The molecule has 0 bridgehead atoms. The molecule has 0 aromatic carbocycles. The maximum atomic E-state index is 13.3. The minimum absolute atomic E-state index is 0.00845. The van der Waals surface area contributed by atoms with E-state index in [1.807, 2.05) is 20.8 Å². The molecule has 2 aromatic heterocycles. The molecular formula is C25H35ClF2N4O5S. The van der Waals surface area contributed by atoms with Gasteiger partial charge in [-0.3, -0.25) is 9.36 Å². The van der Waals surface area contributed by atoms with Gasteiger partial charge in [-0.2, -0.15) is 8.78 Å². The van der Waals surface area contributed by atoms with Gasteiger partial charge in [0.05, 0.1) is 11.4 Å². The first-order chi connectivity index (χ1) is 17.6. The second-order valence-electron chi connectivity index (χ2n) is 10.9. The lowest BCUT2D eigenvalue weighted by Gasteiger charge is -2.32. The number of rotatable bonds is 9. The number of carbonyl (C=O) groups is 1. The molecule has 2 heterocycles. The Kier molecular flexibility index (Phi) is 9.41. The van der Waals surface area contributed by atoms with Gasteiger partial charge in [0.2, 0.25) is 0 Å². The first kappa shape index (κ1) is 30.2. The standard InChI is InChI=1S/C25H35ClF2N4O5S/c1-6-19-31-20(23(34)30-13-15-7-8-16(10-17(15)33)38(5,35)36)21(26)32(19)22-18(37-24(27)28)9-14(12-29-22)11-25(2,3)4/h9,12,15-17,24,33H,6-8,10-11,13H2,1-5H3,(H,30,34)/t15-,16+,17+/m1/s1. The number of amides is 1. The molecule has 1 aliphatic carbocycles. The van der Waals surface area contributed by atoms with Crippen LogP contribution in [0.4, 0.5) is 8.78 Å². The molecule has 0 spiro atoms. The Balaban J connectivity index is 1.85. The van der Waals surface area contributed by atoms with E-state index in [2.05, 4.69) is 15.3 Å². The number of hydrogen-bond donors (Lipinski definition) is 2. The van der Waals surface area contributed by atoms with Crippen LogP contribution in [-0.4, -0.2) is 64.7 Å². The maximum absolute atomic E-state index is 13.3. The molecule has 0 aliphatic heterocycles. The molecule has 1 amide bonds. The molecule has 9 nitrogen and oxygen atoms in total. The second kappa shape index (κ2) is 11.8. The third-order valence-corrected chi connectivity index (χ3v) is 8.50. The van der Waals surface area contributed by atoms with Crippen molar-refractivity contribution in [3.8, 4) is 11.6 Å². The topological polar surface area (TPSA) is 123 Å². The molecular weight excluding hydrogens is 542 g/mol.